The summed E-state index contributed by atoms with van der Waals surface area (Å²) in [7, 11) is 0. The first kappa shape index (κ1) is 8.80. The van der Waals surface area contributed by atoms with E-state index in [1.807, 2.05) is 13.8 Å². The van der Waals surface area contributed by atoms with Crippen LogP contribution in [-0.2, 0) is 0 Å². The molecule has 0 fully saturated rings. The lowest BCUT2D eigenvalue weighted by Gasteiger charge is -2.02. The molecule has 0 bridgehead atoms. The van der Waals surface area contributed by atoms with E-state index in [0.29, 0.717) is 16.9 Å². The third kappa shape index (κ3) is 1.37. The Morgan fingerprint density at radius 2 is 2.14 bits per heavy atom. The van der Waals surface area contributed by atoms with Crippen LogP contribution in [0.25, 0.3) is 11.0 Å². The Bertz CT molecular complexity index is 517. The van der Waals surface area contributed by atoms with Crippen LogP contribution in [0.1, 0.15) is 25.6 Å². The van der Waals surface area contributed by atoms with Crippen LogP contribution in [0.5, 0.6) is 0 Å². The van der Waals surface area contributed by atoms with E-state index in [2.05, 4.69) is 19.9 Å². The number of nitrogens with one attached hydrogen (secondary N) is 1. The maximum atomic E-state index is 11.3. The van der Waals surface area contributed by atoms with Gasteiger partial charge in [-0.05, 0) is 0 Å². The molecular weight excluding hydrogens is 180 g/mol. The lowest BCUT2D eigenvalue weighted by molar-refractivity contribution is 0.779. The van der Waals surface area contributed by atoms with Gasteiger partial charge in [-0.25, -0.2) is 15.0 Å². The number of H-pyrrole nitrogens is 1. The van der Waals surface area contributed by atoms with Crippen LogP contribution in [0.4, 0.5) is 0 Å². The molecule has 2 aromatic rings. The van der Waals surface area contributed by atoms with Crippen molar-refractivity contribution in [3.8, 4) is 0 Å². The number of aromatic amines is 1. The average Bonchev–Trinajstić information content (AvgIpc) is 2.17. The molecule has 0 amide bonds. The fourth-order valence-electron chi connectivity index (χ4n) is 1.15. The van der Waals surface area contributed by atoms with Crippen LogP contribution in [0.3, 0.4) is 0 Å². The SMILES string of the molecule is CC(C)c1ncc2c(=O)[nH]cnc2n1. The Balaban J connectivity index is 2.74. The molecule has 0 radical (unpaired) electrons. The van der Waals surface area contributed by atoms with E-state index in [9.17, 15) is 4.79 Å². The zero-order valence-electron chi connectivity index (χ0n) is 7.98. The van der Waals surface area contributed by atoms with Gasteiger partial charge in [0.15, 0.2) is 5.65 Å². The topological polar surface area (TPSA) is 71.5 Å². The minimum Gasteiger partial charge on any atom is -0.312 e. The van der Waals surface area contributed by atoms with Gasteiger partial charge in [0, 0.05) is 12.1 Å². The monoisotopic (exact) mass is 190 g/mol. The Kier molecular flexibility index (Phi) is 1.99. The highest BCUT2D eigenvalue weighted by Crippen LogP contribution is 2.09. The molecule has 5 heteroatoms. The van der Waals surface area contributed by atoms with Crippen molar-refractivity contribution < 1.29 is 0 Å². The summed E-state index contributed by atoms with van der Waals surface area (Å²) in [4.78, 5) is 26.0. The number of fused-ring (bicyclic) bond motifs is 1. The van der Waals surface area contributed by atoms with Gasteiger partial charge in [-0.15, -0.1) is 0 Å². The maximum absolute atomic E-state index is 11.3. The first-order chi connectivity index (χ1) is 6.68. The lowest BCUT2D eigenvalue weighted by Crippen LogP contribution is -2.09. The second-order valence-electron chi connectivity index (χ2n) is 3.35. The van der Waals surface area contributed by atoms with E-state index in [1.165, 1.54) is 12.5 Å². The zero-order chi connectivity index (χ0) is 10.1. The first-order valence-electron chi connectivity index (χ1n) is 4.39. The van der Waals surface area contributed by atoms with E-state index in [-0.39, 0.29) is 11.5 Å². The van der Waals surface area contributed by atoms with Crippen LogP contribution >= 0.6 is 0 Å². The maximum Gasteiger partial charge on any atom is 0.261 e. The zero-order valence-corrected chi connectivity index (χ0v) is 7.98. The summed E-state index contributed by atoms with van der Waals surface area (Å²) < 4.78 is 0. The molecule has 0 saturated carbocycles. The fourth-order valence-corrected chi connectivity index (χ4v) is 1.15. The van der Waals surface area contributed by atoms with Gasteiger partial charge >= 0.3 is 0 Å². The first-order valence-corrected chi connectivity index (χ1v) is 4.39. The summed E-state index contributed by atoms with van der Waals surface area (Å²) in [5, 5.41) is 0.428. The van der Waals surface area contributed by atoms with E-state index < -0.39 is 0 Å². The van der Waals surface area contributed by atoms with Crippen molar-refractivity contribution >= 4 is 11.0 Å². The van der Waals surface area contributed by atoms with E-state index in [4.69, 9.17) is 0 Å². The molecule has 2 aromatic heterocycles. The van der Waals surface area contributed by atoms with Gasteiger partial charge in [-0.2, -0.15) is 0 Å². The molecule has 0 aromatic carbocycles. The van der Waals surface area contributed by atoms with Gasteiger partial charge in [-0.3, -0.25) is 4.79 Å². The number of rotatable bonds is 1. The van der Waals surface area contributed by atoms with E-state index >= 15 is 0 Å². The molecule has 0 aliphatic carbocycles. The summed E-state index contributed by atoms with van der Waals surface area (Å²) in [6, 6.07) is 0. The molecule has 0 spiro atoms. The number of hydrogen-bond donors (Lipinski definition) is 1. The fraction of sp³-hybridized carbons (Fsp3) is 0.333. The standard InChI is InChI=1S/C9H10N4O/c1-5(2)7-10-3-6-8(13-7)11-4-12-9(6)14/h3-5H,1-2H3,(H,10,11,12,13,14). The third-order valence-electron chi connectivity index (χ3n) is 1.93. The molecule has 0 unspecified atom stereocenters. The number of aromatic nitrogens is 4. The van der Waals surface area contributed by atoms with Crippen molar-refractivity contribution in [1.29, 1.82) is 0 Å². The Morgan fingerprint density at radius 1 is 1.36 bits per heavy atom. The van der Waals surface area contributed by atoms with Crippen LogP contribution < -0.4 is 5.56 Å². The molecule has 0 aliphatic heterocycles. The average molecular weight is 190 g/mol. The summed E-state index contributed by atoms with van der Waals surface area (Å²) in [5.41, 5.74) is 0.248. The Morgan fingerprint density at radius 3 is 2.86 bits per heavy atom. The largest absolute Gasteiger partial charge is 0.312 e. The lowest BCUT2D eigenvalue weighted by atomic mass is 10.2. The van der Waals surface area contributed by atoms with Gasteiger partial charge in [0.25, 0.3) is 5.56 Å². The summed E-state index contributed by atoms with van der Waals surface area (Å²) in [5.74, 6) is 0.941. The molecule has 0 atom stereocenters. The molecular formula is C9H10N4O. The number of nitrogens with zero attached hydrogens (tertiary/aromatic N) is 3. The van der Waals surface area contributed by atoms with Gasteiger partial charge in [-0.1, -0.05) is 13.8 Å². The van der Waals surface area contributed by atoms with Crippen molar-refractivity contribution in [2.24, 2.45) is 0 Å². The molecule has 72 valence electrons. The second-order valence-corrected chi connectivity index (χ2v) is 3.35. The second kappa shape index (κ2) is 3.17. The van der Waals surface area contributed by atoms with Crippen molar-refractivity contribution in [1.82, 2.24) is 19.9 Å². The van der Waals surface area contributed by atoms with Crippen molar-refractivity contribution in [3.63, 3.8) is 0 Å². The highest BCUT2D eigenvalue weighted by atomic mass is 16.1. The van der Waals surface area contributed by atoms with Crippen LogP contribution in [0.2, 0.25) is 0 Å². The highest BCUT2D eigenvalue weighted by Gasteiger charge is 2.06. The third-order valence-corrected chi connectivity index (χ3v) is 1.93. The van der Waals surface area contributed by atoms with Gasteiger partial charge < -0.3 is 4.98 Å². The quantitative estimate of drug-likeness (QED) is 0.723. The van der Waals surface area contributed by atoms with Crippen LogP contribution in [-0.4, -0.2) is 19.9 Å². The summed E-state index contributed by atoms with van der Waals surface area (Å²) in [6.07, 6.45) is 2.87. The smallest absolute Gasteiger partial charge is 0.261 e. The molecule has 14 heavy (non-hydrogen) atoms. The van der Waals surface area contributed by atoms with Gasteiger partial charge in [0.1, 0.15) is 11.2 Å². The van der Waals surface area contributed by atoms with E-state index in [0.717, 1.165) is 0 Å². The molecule has 2 heterocycles. The van der Waals surface area contributed by atoms with Gasteiger partial charge in [0.05, 0.1) is 6.33 Å². The minimum atomic E-state index is -0.203. The predicted octanol–water partition coefficient (Wildman–Crippen LogP) is 0.836. The Labute approximate surface area is 80.2 Å². The normalized spacial score (nSPS) is 11.1. The van der Waals surface area contributed by atoms with Gasteiger partial charge in [0.2, 0.25) is 0 Å². The molecule has 2 rings (SSSR count). The Hall–Kier alpha value is -1.78. The molecule has 5 nitrogen and oxygen atoms in total. The predicted molar refractivity (Wildman–Crippen MR) is 52.0 cm³/mol. The molecule has 0 aliphatic rings. The van der Waals surface area contributed by atoms with Crippen LogP contribution in [0.15, 0.2) is 17.3 Å². The van der Waals surface area contributed by atoms with Crippen LogP contribution in [0, 0.1) is 0 Å². The minimum absolute atomic E-state index is 0.203. The molecule has 0 saturated heterocycles. The number of hydrogen-bond acceptors (Lipinski definition) is 4. The summed E-state index contributed by atoms with van der Waals surface area (Å²) in [6.45, 7) is 3.99. The molecule has 1 N–H and O–H groups in total. The highest BCUT2D eigenvalue weighted by molar-refractivity contribution is 5.71. The van der Waals surface area contributed by atoms with Crippen molar-refractivity contribution in [2.45, 2.75) is 19.8 Å². The van der Waals surface area contributed by atoms with Crippen molar-refractivity contribution in [3.05, 3.63) is 28.7 Å². The summed E-state index contributed by atoms with van der Waals surface area (Å²) >= 11 is 0. The van der Waals surface area contributed by atoms with Crippen molar-refractivity contribution in [2.75, 3.05) is 0 Å². The van der Waals surface area contributed by atoms with E-state index in [1.54, 1.807) is 0 Å².